The molecule has 2 aliphatic rings. The lowest BCUT2D eigenvalue weighted by Gasteiger charge is -2.18. The lowest BCUT2D eigenvalue weighted by atomic mass is 10.0. The molecular weight excluding hydrogens is 162 g/mol. The molecule has 2 rings (SSSR count). The zero-order chi connectivity index (χ0) is 9.10. The Bertz CT molecular complexity index is 154. The van der Waals surface area contributed by atoms with Gasteiger partial charge in [0.1, 0.15) is 0 Å². The van der Waals surface area contributed by atoms with Gasteiger partial charge in [0.25, 0.3) is 0 Å². The Balaban J connectivity index is 1.66. The first-order chi connectivity index (χ1) is 6.36. The fourth-order valence-electron chi connectivity index (χ4n) is 2.43. The number of ether oxygens (including phenoxy) is 1. The second-order valence-electron chi connectivity index (χ2n) is 4.56. The maximum atomic E-state index is 5.66. The van der Waals surface area contributed by atoms with Crippen LogP contribution in [-0.2, 0) is 4.74 Å². The number of rotatable bonds is 3. The van der Waals surface area contributed by atoms with Crippen LogP contribution in [0, 0.1) is 5.92 Å². The van der Waals surface area contributed by atoms with Gasteiger partial charge in [-0.05, 0) is 25.2 Å². The van der Waals surface area contributed by atoms with E-state index in [0.717, 1.165) is 25.1 Å². The van der Waals surface area contributed by atoms with E-state index in [1.165, 1.54) is 32.1 Å². The van der Waals surface area contributed by atoms with Gasteiger partial charge in [-0.2, -0.15) is 0 Å². The van der Waals surface area contributed by atoms with Crippen molar-refractivity contribution in [2.45, 2.75) is 51.2 Å². The molecule has 1 aliphatic carbocycles. The van der Waals surface area contributed by atoms with Crippen molar-refractivity contribution >= 4 is 0 Å². The fraction of sp³-hybridized carbons (Fsp3) is 1.00. The molecule has 2 heteroatoms. The molecule has 1 saturated heterocycles. The van der Waals surface area contributed by atoms with Gasteiger partial charge in [-0.1, -0.05) is 19.8 Å². The monoisotopic (exact) mass is 183 g/mol. The summed E-state index contributed by atoms with van der Waals surface area (Å²) in [5, 5.41) is 3.63. The highest BCUT2D eigenvalue weighted by Crippen LogP contribution is 2.21. The van der Waals surface area contributed by atoms with Crippen LogP contribution in [0.3, 0.4) is 0 Å². The van der Waals surface area contributed by atoms with E-state index in [-0.39, 0.29) is 0 Å². The summed E-state index contributed by atoms with van der Waals surface area (Å²) in [5.74, 6) is 0.758. The summed E-state index contributed by atoms with van der Waals surface area (Å²) in [6.07, 6.45) is 7.32. The van der Waals surface area contributed by atoms with Crippen molar-refractivity contribution in [1.82, 2.24) is 5.32 Å². The van der Waals surface area contributed by atoms with E-state index >= 15 is 0 Å². The smallest absolute Gasteiger partial charge is 0.0725 e. The van der Waals surface area contributed by atoms with Crippen molar-refractivity contribution in [3.63, 3.8) is 0 Å². The first kappa shape index (κ1) is 9.47. The Hall–Kier alpha value is -0.0800. The lowest BCUT2D eigenvalue weighted by Crippen LogP contribution is -2.35. The molecule has 2 fully saturated rings. The Morgan fingerprint density at radius 1 is 1.23 bits per heavy atom. The first-order valence-corrected chi connectivity index (χ1v) is 5.71. The van der Waals surface area contributed by atoms with E-state index in [9.17, 15) is 0 Å². The van der Waals surface area contributed by atoms with Gasteiger partial charge in [-0.25, -0.2) is 0 Å². The third-order valence-electron chi connectivity index (χ3n) is 3.50. The molecule has 1 N–H and O–H groups in total. The van der Waals surface area contributed by atoms with Gasteiger partial charge >= 0.3 is 0 Å². The average molecular weight is 183 g/mol. The lowest BCUT2D eigenvalue weighted by molar-refractivity contribution is 0.0909. The van der Waals surface area contributed by atoms with Crippen LogP contribution in [0.15, 0.2) is 0 Å². The molecule has 13 heavy (non-hydrogen) atoms. The predicted molar refractivity (Wildman–Crippen MR) is 53.8 cm³/mol. The van der Waals surface area contributed by atoms with Crippen LogP contribution in [0.2, 0.25) is 0 Å². The summed E-state index contributed by atoms with van der Waals surface area (Å²) in [5.41, 5.74) is 0. The predicted octanol–water partition coefficient (Wildman–Crippen LogP) is 1.94. The molecule has 0 aromatic carbocycles. The van der Waals surface area contributed by atoms with Crippen molar-refractivity contribution in [1.29, 1.82) is 0 Å². The van der Waals surface area contributed by atoms with E-state index in [1.54, 1.807) is 0 Å². The van der Waals surface area contributed by atoms with E-state index in [2.05, 4.69) is 12.2 Å². The fourth-order valence-corrected chi connectivity index (χ4v) is 2.43. The molecule has 0 aromatic heterocycles. The van der Waals surface area contributed by atoms with Crippen LogP contribution in [0.25, 0.3) is 0 Å². The molecule has 2 unspecified atom stereocenters. The van der Waals surface area contributed by atoms with Crippen LogP contribution in [0.1, 0.15) is 39.0 Å². The van der Waals surface area contributed by atoms with Gasteiger partial charge in [-0.15, -0.1) is 0 Å². The summed E-state index contributed by atoms with van der Waals surface area (Å²) in [4.78, 5) is 0. The van der Waals surface area contributed by atoms with Crippen molar-refractivity contribution in [2.24, 2.45) is 5.92 Å². The highest BCUT2D eigenvalue weighted by atomic mass is 16.5. The van der Waals surface area contributed by atoms with E-state index in [4.69, 9.17) is 4.74 Å². The third kappa shape index (κ3) is 2.44. The van der Waals surface area contributed by atoms with Crippen LogP contribution < -0.4 is 5.32 Å². The Morgan fingerprint density at radius 2 is 2.00 bits per heavy atom. The largest absolute Gasteiger partial charge is 0.377 e. The minimum absolute atomic E-state index is 0.487. The molecule has 0 aromatic rings. The SMILES string of the molecule is CC1CCOC1CNC1CCCC1. The second kappa shape index (κ2) is 4.43. The molecule has 0 amide bonds. The maximum absolute atomic E-state index is 5.66. The topological polar surface area (TPSA) is 21.3 Å². The standard InChI is InChI=1S/C11H21NO/c1-9-6-7-13-11(9)8-12-10-4-2-3-5-10/h9-12H,2-8H2,1H3. The molecule has 76 valence electrons. The Labute approximate surface area is 81.0 Å². The van der Waals surface area contributed by atoms with Crippen molar-refractivity contribution in [2.75, 3.05) is 13.2 Å². The van der Waals surface area contributed by atoms with E-state index in [1.807, 2.05) is 0 Å². The molecule has 1 aliphatic heterocycles. The van der Waals surface area contributed by atoms with Crippen LogP contribution in [0.5, 0.6) is 0 Å². The van der Waals surface area contributed by atoms with Gasteiger partial charge in [0.2, 0.25) is 0 Å². The van der Waals surface area contributed by atoms with Gasteiger partial charge in [0.05, 0.1) is 6.10 Å². The summed E-state index contributed by atoms with van der Waals surface area (Å²) >= 11 is 0. The van der Waals surface area contributed by atoms with Crippen molar-refractivity contribution in [3.05, 3.63) is 0 Å². The van der Waals surface area contributed by atoms with Gasteiger partial charge in [0, 0.05) is 19.2 Å². The summed E-state index contributed by atoms with van der Waals surface area (Å²) in [6, 6.07) is 0.788. The number of nitrogens with one attached hydrogen (secondary N) is 1. The van der Waals surface area contributed by atoms with E-state index in [0.29, 0.717) is 6.10 Å². The number of hydrogen-bond donors (Lipinski definition) is 1. The molecule has 1 heterocycles. The van der Waals surface area contributed by atoms with Crippen molar-refractivity contribution in [3.8, 4) is 0 Å². The van der Waals surface area contributed by atoms with Crippen LogP contribution in [-0.4, -0.2) is 25.3 Å². The average Bonchev–Trinajstić information content (AvgIpc) is 2.72. The minimum Gasteiger partial charge on any atom is -0.377 e. The zero-order valence-electron chi connectivity index (χ0n) is 8.59. The third-order valence-corrected chi connectivity index (χ3v) is 3.50. The Morgan fingerprint density at radius 3 is 2.62 bits per heavy atom. The molecule has 0 spiro atoms. The minimum atomic E-state index is 0.487. The second-order valence-corrected chi connectivity index (χ2v) is 4.56. The van der Waals surface area contributed by atoms with Gasteiger partial charge < -0.3 is 10.1 Å². The highest BCUT2D eigenvalue weighted by Gasteiger charge is 2.25. The summed E-state index contributed by atoms with van der Waals surface area (Å²) in [7, 11) is 0. The summed E-state index contributed by atoms with van der Waals surface area (Å²) < 4.78 is 5.66. The molecule has 0 radical (unpaired) electrons. The van der Waals surface area contributed by atoms with Crippen LogP contribution in [0.4, 0.5) is 0 Å². The maximum Gasteiger partial charge on any atom is 0.0725 e. The van der Waals surface area contributed by atoms with Crippen molar-refractivity contribution < 1.29 is 4.74 Å². The first-order valence-electron chi connectivity index (χ1n) is 5.71. The summed E-state index contributed by atoms with van der Waals surface area (Å²) in [6.45, 7) is 4.35. The van der Waals surface area contributed by atoms with Gasteiger partial charge in [0.15, 0.2) is 0 Å². The quantitative estimate of drug-likeness (QED) is 0.722. The number of hydrogen-bond acceptors (Lipinski definition) is 2. The van der Waals surface area contributed by atoms with Crippen LogP contribution >= 0.6 is 0 Å². The molecule has 2 nitrogen and oxygen atoms in total. The van der Waals surface area contributed by atoms with Gasteiger partial charge in [-0.3, -0.25) is 0 Å². The molecule has 1 saturated carbocycles. The molecule has 0 bridgehead atoms. The molecular formula is C11H21NO. The zero-order valence-corrected chi connectivity index (χ0v) is 8.59. The normalized spacial score (nSPS) is 35.8. The molecule has 2 atom stereocenters. The van der Waals surface area contributed by atoms with E-state index < -0.39 is 0 Å². The highest BCUT2D eigenvalue weighted by molar-refractivity contribution is 4.79. The Kier molecular flexibility index (Phi) is 3.23.